The van der Waals surface area contributed by atoms with Gasteiger partial charge in [0.25, 0.3) is 5.56 Å². The Morgan fingerprint density at radius 2 is 2.05 bits per heavy atom. The number of benzene rings is 2. The summed E-state index contributed by atoms with van der Waals surface area (Å²) in [6.45, 7) is 2.01. The van der Waals surface area contributed by atoms with Crippen LogP contribution in [0, 0.1) is 5.82 Å². The van der Waals surface area contributed by atoms with Crippen LogP contribution in [-0.2, 0) is 0 Å². The number of para-hydroxylation sites is 1. The van der Waals surface area contributed by atoms with Crippen LogP contribution in [0.2, 0.25) is 5.02 Å². The highest BCUT2D eigenvalue weighted by Crippen LogP contribution is 2.33. The second-order valence-corrected chi connectivity index (χ2v) is 5.01. The molecule has 112 valence electrons. The van der Waals surface area contributed by atoms with Gasteiger partial charge in [-0.2, -0.15) is 0 Å². The van der Waals surface area contributed by atoms with E-state index in [-0.39, 0.29) is 34.3 Å². The fourth-order valence-corrected chi connectivity index (χ4v) is 2.41. The van der Waals surface area contributed by atoms with Crippen LogP contribution >= 0.6 is 11.6 Å². The molecule has 0 bridgehead atoms. The zero-order chi connectivity index (χ0) is 15.7. The van der Waals surface area contributed by atoms with Gasteiger partial charge >= 0.3 is 0 Å². The molecule has 0 atom stereocenters. The van der Waals surface area contributed by atoms with Crippen molar-refractivity contribution >= 4 is 22.5 Å². The Balaban J connectivity index is 2.24. The number of aromatic nitrogens is 2. The predicted octanol–water partition coefficient (Wildman–Crippen LogP) is 3.78. The minimum absolute atomic E-state index is 0.0440. The van der Waals surface area contributed by atoms with E-state index >= 15 is 0 Å². The fraction of sp³-hybridized carbons (Fsp3) is 0.125. The molecule has 0 unspecified atom stereocenters. The van der Waals surface area contributed by atoms with Crippen LogP contribution < -0.4 is 10.3 Å². The number of aromatic amines is 1. The average Bonchev–Trinajstić information content (AvgIpc) is 2.51. The second kappa shape index (κ2) is 5.77. The molecule has 0 spiro atoms. The maximum absolute atomic E-state index is 14.6. The zero-order valence-electron chi connectivity index (χ0n) is 11.7. The molecule has 3 rings (SSSR count). The van der Waals surface area contributed by atoms with Gasteiger partial charge in [0.1, 0.15) is 5.82 Å². The Morgan fingerprint density at radius 3 is 2.82 bits per heavy atom. The van der Waals surface area contributed by atoms with Gasteiger partial charge in [0.2, 0.25) is 0 Å². The van der Waals surface area contributed by atoms with Crippen LogP contribution in [0.1, 0.15) is 6.92 Å². The number of halogens is 2. The van der Waals surface area contributed by atoms with Gasteiger partial charge < -0.3 is 9.72 Å². The Kier molecular flexibility index (Phi) is 3.81. The highest BCUT2D eigenvalue weighted by molar-refractivity contribution is 6.32. The lowest BCUT2D eigenvalue weighted by Gasteiger charge is -2.10. The first-order valence-electron chi connectivity index (χ1n) is 6.72. The summed E-state index contributed by atoms with van der Waals surface area (Å²) in [6.07, 6.45) is 0. The van der Waals surface area contributed by atoms with Crippen molar-refractivity contribution in [1.82, 2.24) is 9.97 Å². The van der Waals surface area contributed by atoms with Gasteiger partial charge in [-0.15, -0.1) is 0 Å². The Labute approximate surface area is 130 Å². The summed E-state index contributed by atoms with van der Waals surface area (Å²) < 4.78 is 19.8. The number of rotatable bonds is 3. The highest BCUT2D eigenvalue weighted by atomic mass is 35.5. The average molecular weight is 319 g/mol. The number of nitrogens with zero attached hydrogens (tertiary/aromatic N) is 1. The van der Waals surface area contributed by atoms with Crippen LogP contribution in [0.15, 0.2) is 41.2 Å². The van der Waals surface area contributed by atoms with Crippen molar-refractivity contribution in [2.24, 2.45) is 0 Å². The molecule has 0 radical (unpaired) electrons. The van der Waals surface area contributed by atoms with Gasteiger partial charge in [-0.25, -0.2) is 9.37 Å². The van der Waals surface area contributed by atoms with Gasteiger partial charge in [-0.05, 0) is 31.2 Å². The summed E-state index contributed by atoms with van der Waals surface area (Å²) in [7, 11) is 0. The van der Waals surface area contributed by atoms with Crippen molar-refractivity contribution in [3.63, 3.8) is 0 Å². The number of hydrogen-bond donors (Lipinski definition) is 1. The summed E-state index contributed by atoms with van der Waals surface area (Å²) in [6, 6.07) is 9.85. The Hall–Kier alpha value is -2.40. The first-order valence-corrected chi connectivity index (χ1v) is 7.10. The Morgan fingerprint density at radius 1 is 1.27 bits per heavy atom. The summed E-state index contributed by atoms with van der Waals surface area (Å²) in [5, 5.41) is 0.622. The molecular formula is C16H12ClFN2O2. The van der Waals surface area contributed by atoms with E-state index in [4.69, 9.17) is 16.3 Å². The topological polar surface area (TPSA) is 55.0 Å². The number of hydrogen-bond acceptors (Lipinski definition) is 3. The van der Waals surface area contributed by atoms with Crippen molar-refractivity contribution in [2.45, 2.75) is 6.92 Å². The van der Waals surface area contributed by atoms with Gasteiger partial charge in [-0.3, -0.25) is 4.79 Å². The predicted molar refractivity (Wildman–Crippen MR) is 83.9 cm³/mol. The number of ether oxygens (including phenoxy) is 1. The molecule has 1 aromatic heterocycles. The van der Waals surface area contributed by atoms with E-state index in [9.17, 15) is 9.18 Å². The van der Waals surface area contributed by atoms with Crippen LogP contribution in [0.5, 0.6) is 5.75 Å². The molecule has 1 heterocycles. The Bertz CT molecular complexity index is 908. The molecule has 1 N–H and O–H groups in total. The summed E-state index contributed by atoms with van der Waals surface area (Å²) in [5.74, 6) is -0.552. The summed E-state index contributed by atoms with van der Waals surface area (Å²) in [5.41, 5.74) is 0.303. The van der Waals surface area contributed by atoms with Gasteiger partial charge in [0.05, 0.1) is 28.1 Å². The molecule has 0 aliphatic rings. The largest absolute Gasteiger partial charge is 0.489 e. The molecule has 4 nitrogen and oxygen atoms in total. The fourth-order valence-electron chi connectivity index (χ4n) is 2.21. The smallest absolute Gasteiger partial charge is 0.259 e. The summed E-state index contributed by atoms with van der Waals surface area (Å²) in [4.78, 5) is 19.0. The minimum Gasteiger partial charge on any atom is -0.489 e. The lowest BCUT2D eigenvalue weighted by atomic mass is 10.1. The number of nitrogens with one attached hydrogen (secondary N) is 1. The molecule has 6 heteroatoms. The maximum atomic E-state index is 14.6. The number of fused-ring (bicyclic) bond motifs is 1. The number of H-pyrrole nitrogens is 1. The van der Waals surface area contributed by atoms with E-state index in [1.807, 2.05) is 0 Å². The van der Waals surface area contributed by atoms with Crippen LogP contribution in [0.25, 0.3) is 22.3 Å². The first-order chi connectivity index (χ1) is 10.6. The van der Waals surface area contributed by atoms with E-state index in [0.29, 0.717) is 10.9 Å². The summed E-state index contributed by atoms with van der Waals surface area (Å²) >= 11 is 5.94. The maximum Gasteiger partial charge on any atom is 0.259 e. The van der Waals surface area contributed by atoms with Crippen molar-refractivity contribution in [1.29, 1.82) is 0 Å². The van der Waals surface area contributed by atoms with E-state index in [0.717, 1.165) is 0 Å². The molecule has 0 aliphatic heterocycles. The van der Waals surface area contributed by atoms with Crippen LogP contribution in [0.4, 0.5) is 4.39 Å². The van der Waals surface area contributed by atoms with E-state index < -0.39 is 5.82 Å². The van der Waals surface area contributed by atoms with E-state index in [1.54, 1.807) is 31.2 Å². The zero-order valence-corrected chi connectivity index (χ0v) is 12.4. The van der Waals surface area contributed by atoms with E-state index in [2.05, 4.69) is 9.97 Å². The molecule has 0 aliphatic carbocycles. The van der Waals surface area contributed by atoms with E-state index in [1.165, 1.54) is 12.1 Å². The minimum atomic E-state index is -0.646. The molecule has 3 aromatic rings. The lowest BCUT2D eigenvalue weighted by Crippen LogP contribution is -2.10. The van der Waals surface area contributed by atoms with Crippen molar-refractivity contribution < 1.29 is 9.13 Å². The van der Waals surface area contributed by atoms with Crippen LogP contribution in [-0.4, -0.2) is 16.6 Å². The third-order valence-corrected chi connectivity index (χ3v) is 3.50. The molecular weight excluding hydrogens is 307 g/mol. The normalized spacial score (nSPS) is 10.9. The standard InChI is InChI=1S/C16H12ClFN2O2/c1-2-22-14-11(17)8-7-10(13(14)18)15-19-12-6-4-3-5-9(12)16(21)20-15/h3-8H,2H2,1H3,(H,19,20,21). The monoisotopic (exact) mass is 318 g/mol. The van der Waals surface area contributed by atoms with Crippen molar-refractivity contribution in [3.8, 4) is 17.1 Å². The van der Waals surface area contributed by atoms with Gasteiger partial charge in [0, 0.05) is 0 Å². The highest BCUT2D eigenvalue weighted by Gasteiger charge is 2.17. The third-order valence-electron chi connectivity index (χ3n) is 3.21. The third kappa shape index (κ3) is 2.44. The molecule has 0 amide bonds. The molecule has 0 fully saturated rings. The molecule has 2 aromatic carbocycles. The van der Waals surface area contributed by atoms with Crippen molar-refractivity contribution in [2.75, 3.05) is 6.61 Å². The van der Waals surface area contributed by atoms with Crippen LogP contribution in [0.3, 0.4) is 0 Å². The van der Waals surface area contributed by atoms with Gasteiger partial charge in [-0.1, -0.05) is 23.7 Å². The van der Waals surface area contributed by atoms with Gasteiger partial charge in [0.15, 0.2) is 11.6 Å². The SMILES string of the molecule is CCOc1c(Cl)ccc(-c2nc3ccccc3c(=O)[nH]2)c1F. The lowest BCUT2D eigenvalue weighted by molar-refractivity contribution is 0.322. The first kappa shape index (κ1) is 14.5. The molecule has 22 heavy (non-hydrogen) atoms. The van der Waals surface area contributed by atoms with Crippen molar-refractivity contribution in [3.05, 3.63) is 57.6 Å². The molecule has 0 saturated carbocycles. The molecule has 0 saturated heterocycles. The quantitative estimate of drug-likeness (QED) is 0.799. The second-order valence-electron chi connectivity index (χ2n) is 4.60.